The minimum atomic E-state index is -0.503. The number of fused-ring (bicyclic) bond motifs is 1. The molecule has 2 fully saturated rings. The molecule has 6 heteroatoms. The van der Waals surface area contributed by atoms with Crippen molar-refractivity contribution in [2.45, 2.75) is 64.3 Å². The number of carbonyl (C=O) groups is 1. The Labute approximate surface area is 153 Å². The number of epoxide rings is 1. The zero-order valence-corrected chi connectivity index (χ0v) is 15.7. The molecule has 1 aliphatic carbocycles. The third-order valence-electron chi connectivity index (χ3n) is 5.80. The van der Waals surface area contributed by atoms with Crippen molar-refractivity contribution in [1.29, 1.82) is 0 Å². The summed E-state index contributed by atoms with van der Waals surface area (Å²) in [5, 5.41) is 10.7. The standard InChI is InChI=1S/C20H25NO5/c1-14(25-17(22)15-6-8-16(9-7-15)21(23)24)10-13-20-18(2,3)11-5-12-19(20,4)26-20/h6-10,13-14H,5,11-12H2,1-4H3/b13-10+/t14-,19+,20-/m1/s1. The van der Waals surface area contributed by atoms with Gasteiger partial charge in [-0.15, -0.1) is 0 Å². The Balaban J connectivity index is 1.65. The van der Waals surface area contributed by atoms with Crippen molar-refractivity contribution in [1.82, 2.24) is 0 Å². The maximum Gasteiger partial charge on any atom is 0.338 e. The number of carbonyl (C=O) groups excluding carboxylic acids is 1. The fourth-order valence-corrected chi connectivity index (χ4v) is 4.18. The minimum absolute atomic E-state index is 0.0403. The van der Waals surface area contributed by atoms with Crippen LogP contribution in [0.4, 0.5) is 5.69 Å². The van der Waals surface area contributed by atoms with Crippen LogP contribution < -0.4 is 0 Å². The van der Waals surface area contributed by atoms with Gasteiger partial charge in [-0.2, -0.15) is 0 Å². The molecule has 1 aliphatic heterocycles. The number of benzene rings is 1. The first-order chi connectivity index (χ1) is 12.1. The first-order valence-electron chi connectivity index (χ1n) is 8.95. The largest absolute Gasteiger partial charge is 0.455 e. The van der Waals surface area contributed by atoms with E-state index in [0.29, 0.717) is 5.56 Å². The minimum Gasteiger partial charge on any atom is -0.455 e. The number of hydrogen-bond acceptors (Lipinski definition) is 5. The lowest BCUT2D eigenvalue weighted by molar-refractivity contribution is -0.384. The van der Waals surface area contributed by atoms with Gasteiger partial charge < -0.3 is 9.47 Å². The molecule has 6 nitrogen and oxygen atoms in total. The lowest BCUT2D eigenvalue weighted by Gasteiger charge is -2.36. The molecule has 0 radical (unpaired) electrons. The highest BCUT2D eigenvalue weighted by molar-refractivity contribution is 5.89. The van der Waals surface area contributed by atoms with Crippen LogP contribution in [0.25, 0.3) is 0 Å². The Hall–Kier alpha value is -2.21. The molecular weight excluding hydrogens is 334 g/mol. The summed E-state index contributed by atoms with van der Waals surface area (Å²) in [5.41, 5.74) is -0.157. The number of ether oxygens (including phenoxy) is 2. The second-order valence-corrected chi connectivity index (χ2v) is 8.08. The summed E-state index contributed by atoms with van der Waals surface area (Å²) in [4.78, 5) is 22.4. The summed E-state index contributed by atoms with van der Waals surface area (Å²) < 4.78 is 11.6. The molecule has 3 atom stereocenters. The second kappa shape index (κ2) is 6.20. The molecule has 0 bridgehead atoms. The summed E-state index contributed by atoms with van der Waals surface area (Å²) in [7, 11) is 0. The normalized spacial score (nSPS) is 30.5. The third kappa shape index (κ3) is 3.03. The van der Waals surface area contributed by atoms with Crippen molar-refractivity contribution in [3.8, 4) is 0 Å². The van der Waals surface area contributed by atoms with Crippen LogP contribution in [0, 0.1) is 15.5 Å². The van der Waals surface area contributed by atoms with E-state index in [4.69, 9.17) is 9.47 Å². The van der Waals surface area contributed by atoms with E-state index in [0.717, 1.165) is 19.3 Å². The fourth-order valence-electron chi connectivity index (χ4n) is 4.18. The van der Waals surface area contributed by atoms with Crippen molar-refractivity contribution in [2.24, 2.45) is 5.41 Å². The third-order valence-corrected chi connectivity index (χ3v) is 5.80. The second-order valence-electron chi connectivity index (χ2n) is 8.08. The number of nitrogens with zero attached hydrogens (tertiary/aromatic N) is 1. The Bertz CT molecular complexity index is 754. The molecule has 0 unspecified atom stereocenters. The summed E-state index contributed by atoms with van der Waals surface area (Å²) in [6, 6.07) is 5.40. The predicted octanol–water partition coefficient (Wildman–Crippen LogP) is 4.43. The van der Waals surface area contributed by atoms with Gasteiger partial charge in [-0.3, -0.25) is 10.1 Å². The van der Waals surface area contributed by atoms with Gasteiger partial charge in [0, 0.05) is 17.5 Å². The predicted molar refractivity (Wildman–Crippen MR) is 97.0 cm³/mol. The van der Waals surface area contributed by atoms with Crippen LogP contribution in [-0.2, 0) is 9.47 Å². The van der Waals surface area contributed by atoms with Gasteiger partial charge in [0.2, 0.25) is 0 Å². The quantitative estimate of drug-likeness (QED) is 0.255. The van der Waals surface area contributed by atoms with Crippen LogP contribution >= 0.6 is 0 Å². The molecule has 1 aromatic rings. The Morgan fingerprint density at radius 3 is 2.50 bits per heavy atom. The molecule has 1 aromatic carbocycles. The van der Waals surface area contributed by atoms with Gasteiger partial charge in [0.05, 0.1) is 16.1 Å². The SMILES string of the molecule is C[C@H](/C=C/[C@]12O[C@@]1(C)CCCC2(C)C)OC(=O)c1ccc([N+](=O)[O-])cc1. The number of esters is 1. The van der Waals surface area contributed by atoms with E-state index in [1.807, 2.05) is 6.08 Å². The zero-order chi connectivity index (χ0) is 19.2. The maximum atomic E-state index is 12.2. The number of rotatable bonds is 5. The highest BCUT2D eigenvalue weighted by Crippen LogP contribution is 2.66. The van der Waals surface area contributed by atoms with Crippen molar-refractivity contribution >= 4 is 11.7 Å². The molecule has 140 valence electrons. The molecular formula is C20H25NO5. The fraction of sp³-hybridized carbons (Fsp3) is 0.550. The van der Waals surface area contributed by atoms with Gasteiger partial charge in [0.15, 0.2) is 0 Å². The molecule has 0 spiro atoms. The van der Waals surface area contributed by atoms with Gasteiger partial charge in [-0.25, -0.2) is 4.79 Å². The molecule has 0 aromatic heterocycles. The maximum absolute atomic E-state index is 12.2. The van der Waals surface area contributed by atoms with Crippen molar-refractivity contribution in [3.63, 3.8) is 0 Å². The van der Waals surface area contributed by atoms with Crippen molar-refractivity contribution in [3.05, 3.63) is 52.1 Å². The van der Waals surface area contributed by atoms with E-state index >= 15 is 0 Å². The van der Waals surface area contributed by atoms with Crippen molar-refractivity contribution in [2.75, 3.05) is 0 Å². The van der Waals surface area contributed by atoms with E-state index in [-0.39, 0.29) is 22.3 Å². The lowest BCUT2D eigenvalue weighted by Crippen LogP contribution is -2.41. The number of nitro benzene ring substituents is 1. The van der Waals surface area contributed by atoms with Crippen LogP contribution in [0.3, 0.4) is 0 Å². The number of non-ortho nitro benzene ring substituents is 1. The summed E-state index contributed by atoms with van der Waals surface area (Å²) in [6.45, 7) is 8.38. The van der Waals surface area contributed by atoms with E-state index in [9.17, 15) is 14.9 Å². The molecule has 0 N–H and O–H groups in total. The van der Waals surface area contributed by atoms with Crippen LogP contribution in [0.1, 0.15) is 57.3 Å². The van der Waals surface area contributed by atoms with E-state index < -0.39 is 17.0 Å². The highest BCUT2D eigenvalue weighted by atomic mass is 16.6. The van der Waals surface area contributed by atoms with Crippen LogP contribution in [0.15, 0.2) is 36.4 Å². The topological polar surface area (TPSA) is 82.0 Å². The number of nitro groups is 1. The highest BCUT2D eigenvalue weighted by Gasteiger charge is 2.73. The molecule has 0 amide bonds. The van der Waals surface area contributed by atoms with Crippen LogP contribution in [0.5, 0.6) is 0 Å². The van der Waals surface area contributed by atoms with Gasteiger partial charge in [0.25, 0.3) is 5.69 Å². The molecule has 26 heavy (non-hydrogen) atoms. The Kier molecular flexibility index (Phi) is 4.43. The molecule has 1 heterocycles. The molecule has 2 aliphatic rings. The smallest absolute Gasteiger partial charge is 0.338 e. The Morgan fingerprint density at radius 1 is 1.27 bits per heavy atom. The van der Waals surface area contributed by atoms with E-state index in [1.54, 1.807) is 6.92 Å². The molecule has 1 saturated heterocycles. The molecule has 1 saturated carbocycles. The van der Waals surface area contributed by atoms with E-state index in [2.05, 4.69) is 26.8 Å². The summed E-state index contributed by atoms with van der Waals surface area (Å²) in [6.07, 6.45) is 6.81. The molecule has 3 rings (SSSR count). The first kappa shape index (κ1) is 18.6. The van der Waals surface area contributed by atoms with Gasteiger partial charge in [-0.1, -0.05) is 13.8 Å². The zero-order valence-electron chi connectivity index (χ0n) is 15.7. The van der Waals surface area contributed by atoms with Gasteiger partial charge >= 0.3 is 5.97 Å². The van der Waals surface area contributed by atoms with Crippen LogP contribution in [-0.4, -0.2) is 28.2 Å². The average Bonchev–Trinajstić information content (AvgIpc) is 3.20. The van der Waals surface area contributed by atoms with E-state index in [1.165, 1.54) is 24.3 Å². The van der Waals surface area contributed by atoms with Crippen molar-refractivity contribution < 1.29 is 19.2 Å². The summed E-state index contributed by atoms with van der Waals surface area (Å²) in [5.74, 6) is -0.503. The lowest BCUT2D eigenvalue weighted by atomic mass is 9.64. The number of hydrogen-bond donors (Lipinski definition) is 0. The van der Waals surface area contributed by atoms with Gasteiger partial charge in [-0.05, 0) is 57.4 Å². The van der Waals surface area contributed by atoms with Gasteiger partial charge in [0.1, 0.15) is 11.7 Å². The monoisotopic (exact) mass is 359 g/mol. The summed E-state index contributed by atoms with van der Waals surface area (Å²) >= 11 is 0. The average molecular weight is 359 g/mol. The first-order valence-corrected chi connectivity index (χ1v) is 8.95. The Morgan fingerprint density at radius 2 is 1.92 bits per heavy atom. The van der Waals surface area contributed by atoms with Crippen LogP contribution in [0.2, 0.25) is 0 Å².